The van der Waals surface area contributed by atoms with Crippen molar-refractivity contribution in [2.75, 3.05) is 0 Å². The van der Waals surface area contributed by atoms with E-state index in [2.05, 4.69) is 33.6 Å². The van der Waals surface area contributed by atoms with Crippen LogP contribution in [0.2, 0.25) is 0 Å². The van der Waals surface area contributed by atoms with Crippen molar-refractivity contribution in [3.63, 3.8) is 0 Å². The zero-order chi connectivity index (χ0) is 11.7. The van der Waals surface area contributed by atoms with Crippen LogP contribution in [0, 0.1) is 6.57 Å². The maximum absolute atomic E-state index is 6.97. The number of pyridine rings is 1. The van der Waals surface area contributed by atoms with E-state index in [0.29, 0.717) is 0 Å². The lowest BCUT2D eigenvalue weighted by molar-refractivity contribution is 1.04. The SMILES string of the molecule is [C-]#[N+]c1ccc(Cc2ccc3ccccn23)s1. The summed E-state index contributed by atoms with van der Waals surface area (Å²) in [7, 11) is 0. The molecule has 0 aliphatic heterocycles. The second-order valence-electron chi connectivity index (χ2n) is 3.85. The molecule has 2 nitrogen and oxygen atoms in total. The average Bonchev–Trinajstić information content (AvgIpc) is 2.97. The first kappa shape index (κ1) is 10.1. The number of rotatable bonds is 2. The highest BCUT2D eigenvalue weighted by atomic mass is 32.1. The third kappa shape index (κ3) is 1.83. The van der Waals surface area contributed by atoms with Crippen LogP contribution in [0.5, 0.6) is 0 Å². The lowest BCUT2D eigenvalue weighted by Gasteiger charge is -2.00. The Hall–Kier alpha value is -2.05. The van der Waals surface area contributed by atoms with Crippen LogP contribution in [0.4, 0.5) is 5.00 Å². The fourth-order valence-electron chi connectivity index (χ4n) is 1.96. The van der Waals surface area contributed by atoms with E-state index >= 15 is 0 Å². The maximum Gasteiger partial charge on any atom is 0.241 e. The molecule has 0 saturated heterocycles. The minimum Gasteiger partial charge on any atom is -0.321 e. The Balaban J connectivity index is 1.97. The molecule has 0 fully saturated rings. The summed E-state index contributed by atoms with van der Waals surface area (Å²) < 4.78 is 2.19. The standard InChI is InChI=1S/C14H10N2S/c1-15-14-8-7-13(17-14)10-12-6-5-11-4-2-3-9-16(11)12/h2-9H,10H2. The van der Waals surface area contributed by atoms with E-state index in [9.17, 15) is 0 Å². The van der Waals surface area contributed by atoms with Gasteiger partial charge in [0.15, 0.2) is 0 Å². The molecule has 0 bridgehead atoms. The zero-order valence-corrected chi connectivity index (χ0v) is 9.95. The van der Waals surface area contributed by atoms with Gasteiger partial charge in [-0.25, -0.2) is 4.85 Å². The second kappa shape index (κ2) is 4.08. The van der Waals surface area contributed by atoms with Crippen LogP contribution >= 0.6 is 11.3 Å². The van der Waals surface area contributed by atoms with Crippen LogP contribution in [0.15, 0.2) is 48.7 Å². The fraction of sp³-hybridized carbons (Fsp3) is 0.0714. The number of hydrogen-bond donors (Lipinski definition) is 0. The molecule has 3 heteroatoms. The predicted molar refractivity (Wildman–Crippen MR) is 70.8 cm³/mol. The average molecular weight is 238 g/mol. The Morgan fingerprint density at radius 1 is 1.12 bits per heavy atom. The predicted octanol–water partition coefficient (Wildman–Crippen LogP) is 4.14. The largest absolute Gasteiger partial charge is 0.321 e. The summed E-state index contributed by atoms with van der Waals surface area (Å²) >= 11 is 1.57. The van der Waals surface area contributed by atoms with Crippen LogP contribution in [-0.4, -0.2) is 4.40 Å². The van der Waals surface area contributed by atoms with Crippen molar-refractivity contribution in [1.82, 2.24) is 4.40 Å². The summed E-state index contributed by atoms with van der Waals surface area (Å²) in [6.45, 7) is 6.97. The second-order valence-corrected chi connectivity index (χ2v) is 5.00. The monoisotopic (exact) mass is 238 g/mol. The van der Waals surface area contributed by atoms with Gasteiger partial charge < -0.3 is 4.40 Å². The van der Waals surface area contributed by atoms with Crippen molar-refractivity contribution >= 4 is 21.9 Å². The third-order valence-corrected chi connectivity index (χ3v) is 3.74. The first-order valence-electron chi connectivity index (χ1n) is 5.38. The highest BCUT2D eigenvalue weighted by molar-refractivity contribution is 7.16. The Morgan fingerprint density at radius 2 is 2.06 bits per heavy atom. The lowest BCUT2D eigenvalue weighted by Crippen LogP contribution is -1.91. The van der Waals surface area contributed by atoms with Crippen molar-refractivity contribution in [2.24, 2.45) is 0 Å². The van der Waals surface area contributed by atoms with Crippen molar-refractivity contribution in [3.8, 4) is 0 Å². The Kier molecular flexibility index (Phi) is 2.43. The van der Waals surface area contributed by atoms with Gasteiger partial charge in [0.25, 0.3) is 0 Å². The summed E-state index contributed by atoms with van der Waals surface area (Å²) in [6.07, 6.45) is 2.96. The van der Waals surface area contributed by atoms with Crippen molar-refractivity contribution < 1.29 is 0 Å². The van der Waals surface area contributed by atoms with Gasteiger partial charge in [0, 0.05) is 23.8 Å². The van der Waals surface area contributed by atoms with Gasteiger partial charge in [0.1, 0.15) is 0 Å². The van der Waals surface area contributed by atoms with Gasteiger partial charge >= 0.3 is 0 Å². The molecule has 3 aromatic heterocycles. The number of hydrogen-bond acceptors (Lipinski definition) is 1. The molecule has 0 spiro atoms. The molecular formula is C14H10N2S. The summed E-state index contributed by atoms with van der Waals surface area (Å²) in [4.78, 5) is 4.68. The quantitative estimate of drug-likeness (QED) is 0.593. The molecule has 0 saturated carbocycles. The van der Waals surface area contributed by atoms with E-state index in [1.807, 2.05) is 24.3 Å². The summed E-state index contributed by atoms with van der Waals surface area (Å²) in [5, 5.41) is 0.765. The summed E-state index contributed by atoms with van der Waals surface area (Å²) in [6, 6.07) is 14.4. The van der Waals surface area contributed by atoms with Gasteiger partial charge in [0.05, 0.1) is 6.57 Å². The molecule has 0 atom stereocenters. The Labute approximate surface area is 104 Å². The minimum atomic E-state index is 0.765. The molecule has 3 heterocycles. The highest BCUT2D eigenvalue weighted by Gasteiger charge is 2.04. The third-order valence-electron chi connectivity index (χ3n) is 2.76. The molecule has 0 radical (unpaired) electrons. The summed E-state index contributed by atoms with van der Waals surface area (Å²) in [5.41, 5.74) is 2.48. The van der Waals surface area contributed by atoms with Crippen molar-refractivity contribution in [1.29, 1.82) is 0 Å². The van der Waals surface area contributed by atoms with E-state index in [1.54, 1.807) is 11.3 Å². The lowest BCUT2D eigenvalue weighted by atomic mass is 10.3. The molecule has 0 N–H and O–H groups in total. The Morgan fingerprint density at radius 3 is 2.88 bits per heavy atom. The van der Waals surface area contributed by atoms with Crippen LogP contribution in [0.1, 0.15) is 10.6 Å². The normalized spacial score (nSPS) is 10.5. The van der Waals surface area contributed by atoms with Crippen LogP contribution in [0.3, 0.4) is 0 Å². The zero-order valence-electron chi connectivity index (χ0n) is 9.13. The first-order chi connectivity index (χ1) is 8.36. The van der Waals surface area contributed by atoms with Gasteiger partial charge in [-0.05, 0) is 35.2 Å². The summed E-state index contributed by atoms with van der Waals surface area (Å²) in [5.74, 6) is 0. The molecule has 0 aliphatic carbocycles. The van der Waals surface area contributed by atoms with E-state index in [-0.39, 0.29) is 0 Å². The van der Waals surface area contributed by atoms with Gasteiger partial charge in [0.2, 0.25) is 5.00 Å². The Bertz CT molecular complexity index is 700. The van der Waals surface area contributed by atoms with Gasteiger partial charge in [-0.1, -0.05) is 12.1 Å². The van der Waals surface area contributed by atoms with E-state index in [1.165, 1.54) is 16.1 Å². The smallest absolute Gasteiger partial charge is 0.241 e. The molecule has 3 rings (SSSR count). The molecule has 3 aromatic rings. The molecule has 82 valence electrons. The van der Waals surface area contributed by atoms with Gasteiger partial charge in [-0.15, -0.1) is 0 Å². The van der Waals surface area contributed by atoms with E-state index in [0.717, 1.165) is 11.4 Å². The van der Waals surface area contributed by atoms with E-state index in [4.69, 9.17) is 6.57 Å². The molecule has 17 heavy (non-hydrogen) atoms. The minimum absolute atomic E-state index is 0.765. The van der Waals surface area contributed by atoms with Crippen LogP contribution < -0.4 is 0 Å². The number of thiophene rings is 1. The molecule has 0 amide bonds. The maximum atomic E-state index is 6.97. The fourth-order valence-corrected chi connectivity index (χ4v) is 2.77. The molecular weight excluding hydrogens is 228 g/mol. The highest BCUT2D eigenvalue weighted by Crippen LogP contribution is 2.27. The van der Waals surface area contributed by atoms with Gasteiger partial charge in [-0.2, -0.15) is 11.3 Å². The first-order valence-corrected chi connectivity index (χ1v) is 6.19. The van der Waals surface area contributed by atoms with E-state index < -0.39 is 0 Å². The molecule has 0 aromatic carbocycles. The molecule has 0 unspecified atom stereocenters. The molecule has 0 aliphatic rings. The topological polar surface area (TPSA) is 8.77 Å². The number of fused-ring (bicyclic) bond motifs is 1. The van der Waals surface area contributed by atoms with Crippen LogP contribution in [-0.2, 0) is 6.42 Å². The van der Waals surface area contributed by atoms with Crippen LogP contribution in [0.25, 0.3) is 10.4 Å². The number of aromatic nitrogens is 1. The van der Waals surface area contributed by atoms with Gasteiger partial charge in [-0.3, -0.25) is 0 Å². The van der Waals surface area contributed by atoms with Crippen molar-refractivity contribution in [2.45, 2.75) is 6.42 Å². The number of nitrogens with zero attached hydrogens (tertiary/aromatic N) is 2. The van der Waals surface area contributed by atoms with Crippen molar-refractivity contribution in [3.05, 3.63) is 70.6 Å².